The van der Waals surface area contributed by atoms with E-state index in [4.69, 9.17) is 18.6 Å². The summed E-state index contributed by atoms with van der Waals surface area (Å²) in [6.45, 7) is 4.09. The predicted molar refractivity (Wildman–Crippen MR) is 139 cm³/mol. The number of aryl methyl sites for hydroxylation is 2. The molecule has 2 N–H and O–H groups in total. The Morgan fingerprint density at radius 3 is 2.32 bits per heavy atom. The maximum atomic E-state index is 12.8. The van der Waals surface area contributed by atoms with Crippen LogP contribution in [0.1, 0.15) is 27.4 Å². The fraction of sp³-hybridized carbons (Fsp3) is 0.192. The molecule has 12 heteroatoms. The van der Waals surface area contributed by atoms with Crippen LogP contribution < -0.4 is 24.2 Å². The average molecular weight is 539 g/mol. The van der Waals surface area contributed by atoms with Crippen molar-refractivity contribution < 1.29 is 31.8 Å². The molecule has 0 saturated carbocycles. The zero-order valence-electron chi connectivity index (χ0n) is 21.1. The molecule has 0 spiro atoms. The van der Waals surface area contributed by atoms with Crippen LogP contribution in [0.2, 0.25) is 0 Å². The van der Waals surface area contributed by atoms with Crippen molar-refractivity contribution in [2.75, 3.05) is 24.3 Å². The summed E-state index contributed by atoms with van der Waals surface area (Å²) in [5, 5.41) is 2.68. The molecule has 0 radical (unpaired) electrons. The van der Waals surface area contributed by atoms with E-state index in [1.165, 1.54) is 44.6 Å². The Bertz CT molecular complexity index is 1510. The first kappa shape index (κ1) is 26.5. The molecule has 0 saturated heterocycles. The third kappa shape index (κ3) is 6.21. The molecule has 2 aromatic heterocycles. The second kappa shape index (κ2) is 11.2. The van der Waals surface area contributed by atoms with E-state index in [0.717, 1.165) is 16.9 Å². The lowest BCUT2D eigenvalue weighted by molar-refractivity contribution is 0.0992. The van der Waals surface area contributed by atoms with Crippen LogP contribution in [0.5, 0.6) is 17.6 Å². The number of para-hydroxylation sites is 1. The van der Waals surface area contributed by atoms with Gasteiger partial charge in [-0.25, -0.2) is 8.42 Å². The Kier molecular flexibility index (Phi) is 7.82. The zero-order valence-corrected chi connectivity index (χ0v) is 22.0. The standard InChI is InChI=1S/C26H26N4O7S/c1-16-6-5-7-17(2)24(16)36-15-19-10-13-21(37-19)25(31)27-18-8-11-20(12-9-18)38(32,33)30-22-14-23(34-3)29-26(28-22)35-4/h5-14H,15H2,1-4H3,(H,27,31)(H,28,29,30). The van der Waals surface area contributed by atoms with Crippen molar-refractivity contribution in [2.45, 2.75) is 25.3 Å². The molecule has 0 aliphatic rings. The fourth-order valence-corrected chi connectivity index (χ4v) is 4.50. The van der Waals surface area contributed by atoms with Crippen LogP contribution in [0.3, 0.4) is 0 Å². The average Bonchev–Trinajstić information content (AvgIpc) is 3.37. The number of rotatable bonds is 10. The van der Waals surface area contributed by atoms with E-state index in [9.17, 15) is 13.2 Å². The van der Waals surface area contributed by atoms with Gasteiger partial charge in [0.25, 0.3) is 15.9 Å². The fourth-order valence-electron chi connectivity index (χ4n) is 3.51. The van der Waals surface area contributed by atoms with Crippen LogP contribution in [0.15, 0.2) is 70.0 Å². The van der Waals surface area contributed by atoms with E-state index < -0.39 is 15.9 Å². The van der Waals surface area contributed by atoms with Crippen LogP contribution in [0.4, 0.5) is 11.5 Å². The zero-order chi connectivity index (χ0) is 27.3. The quantitative estimate of drug-likeness (QED) is 0.302. The summed E-state index contributed by atoms with van der Waals surface area (Å²) in [5.74, 6) is 0.972. The minimum Gasteiger partial charge on any atom is -0.485 e. The number of carbonyl (C=O) groups excluding carboxylic acids is 1. The lowest BCUT2D eigenvalue weighted by Crippen LogP contribution is -2.15. The van der Waals surface area contributed by atoms with Gasteiger partial charge < -0.3 is 23.9 Å². The second-order valence-corrected chi connectivity index (χ2v) is 9.82. The van der Waals surface area contributed by atoms with Gasteiger partial charge in [0.2, 0.25) is 5.88 Å². The van der Waals surface area contributed by atoms with Gasteiger partial charge in [0.15, 0.2) is 11.6 Å². The highest BCUT2D eigenvalue weighted by atomic mass is 32.2. The van der Waals surface area contributed by atoms with Crippen LogP contribution >= 0.6 is 0 Å². The summed E-state index contributed by atoms with van der Waals surface area (Å²) in [4.78, 5) is 20.5. The highest BCUT2D eigenvalue weighted by molar-refractivity contribution is 7.92. The van der Waals surface area contributed by atoms with Gasteiger partial charge in [-0.15, -0.1) is 0 Å². The molecule has 0 fully saturated rings. The number of nitrogens with zero attached hydrogens (tertiary/aromatic N) is 2. The van der Waals surface area contributed by atoms with E-state index in [1.54, 1.807) is 12.1 Å². The van der Waals surface area contributed by atoms with E-state index in [1.807, 2.05) is 32.0 Å². The van der Waals surface area contributed by atoms with Gasteiger partial charge in [0.1, 0.15) is 18.1 Å². The maximum absolute atomic E-state index is 12.8. The number of carbonyl (C=O) groups is 1. The van der Waals surface area contributed by atoms with E-state index in [-0.39, 0.29) is 35.0 Å². The Morgan fingerprint density at radius 2 is 1.66 bits per heavy atom. The lowest BCUT2D eigenvalue weighted by atomic mass is 10.1. The van der Waals surface area contributed by atoms with Crippen molar-refractivity contribution >= 4 is 27.4 Å². The summed E-state index contributed by atoms with van der Waals surface area (Å²) >= 11 is 0. The van der Waals surface area contributed by atoms with Crippen molar-refractivity contribution in [1.82, 2.24) is 9.97 Å². The molecule has 0 unspecified atom stereocenters. The minimum absolute atomic E-state index is 0.0266. The van der Waals surface area contributed by atoms with Crippen LogP contribution in [-0.2, 0) is 16.6 Å². The minimum atomic E-state index is -3.99. The molecule has 2 heterocycles. The van der Waals surface area contributed by atoms with Gasteiger partial charge in [-0.1, -0.05) is 18.2 Å². The Balaban J connectivity index is 1.39. The SMILES string of the molecule is COc1cc(NS(=O)(=O)c2ccc(NC(=O)c3ccc(COc4c(C)cccc4C)o3)cc2)nc(OC)n1. The number of amides is 1. The molecule has 0 aliphatic carbocycles. The molecule has 0 aliphatic heterocycles. The second-order valence-electron chi connectivity index (χ2n) is 8.14. The van der Waals surface area contributed by atoms with Crippen molar-refractivity contribution in [3.05, 3.63) is 83.3 Å². The third-order valence-electron chi connectivity index (χ3n) is 5.39. The molecule has 1 amide bonds. The molecular weight excluding hydrogens is 512 g/mol. The van der Waals surface area contributed by atoms with E-state index in [2.05, 4.69) is 20.0 Å². The maximum Gasteiger partial charge on any atom is 0.321 e. The molecule has 198 valence electrons. The van der Waals surface area contributed by atoms with Gasteiger partial charge in [-0.3, -0.25) is 9.52 Å². The van der Waals surface area contributed by atoms with Crippen molar-refractivity contribution in [1.29, 1.82) is 0 Å². The number of sulfonamides is 1. The number of aromatic nitrogens is 2. The molecule has 4 aromatic rings. The summed E-state index contributed by atoms with van der Waals surface area (Å²) in [6.07, 6.45) is 0. The van der Waals surface area contributed by atoms with Gasteiger partial charge in [0.05, 0.1) is 19.1 Å². The first-order valence-corrected chi connectivity index (χ1v) is 12.9. The largest absolute Gasteiger partial charge is 0.485 e. The first-order valence-electron chi connectivity index (χ1n) is 11.4. The first-order chi connectivity index (χ1) is 18.2. The summed E-state index contributed by atoms with van der Waals surface area (Å²) in [7, 11) is -1.25. The molecule has 38 heavy (non-hydrogen) atoms. The molecule has 4 rings (SSSR count). The van der Waals surface area contributed by atoms with Crippen LogP contribution in [0.25, 0.3) is 0 Å². The summed E-state index contributed by atoms with van der Waals surface area (Å²) < 4.78 is 49.4. The molecule has 0 bridgehead atoms. The Hall–Kier alpha value is -4.58. The Morgan fingerprint density at radius 1 is 0.947 bits per heavy atom. The topological polar surface area (TPSA) is 142 Å². The number of nitrogens with one attached hydrogen (secondary N) is 2. The van der Waals surface area contributed by atoms with Crippen molar-refractivity contribution in [2.24, 2.45) is 0 Å². The Labute approximate surface area is 219 Å². The molecule has 0 atom stereocenters. The molecule has 11 nitrogen and oxygen atoms in total. The normalized spacial score (nSPS) is 11.1. The van der Waals surface area contributed by atoms with Gasteiger partial charge in [-0.05, 0) is 61.4 Å². The highest BCUT2D eigenvalue weighted by Crippen LogP contribution is 2.25. The molecule has 2 aromatic carbocycles. The van der Waals surface area contributed by atoms with Crippen LogP contribution in [-0.4, -0.2) is 38.5 Å². The van der Waals surface area contributed by atoms with Crippen LogP contribution in [0, 0.1) is 13.8 Å². The number of hydrogen-bond donors (Lipinski definition) is 2. The monoisotopic (exact) mass is 538 g/mol. The highest BCUT2D eigenvalue weighted by Gasteiger charge is 2.18. The van der Waals surface area contributed by atoms with E-state index in [0.29, 0.717) is 11.4 Å². The lowest BCUT2D eigenvalue weighted by Gasteiger charge is -2.10. The number of hydrogen-bond acceptors (Lipinski definition) is 9. The van der Waals surface area contributed by atoms with Gasteiger partial charge in [0, 0.05) is 11.8 Å². The van der Waals surface area contributed by atoms with Gasteiger partial charge >= 0.3 is 6.01 Å². The summed E-state index contributed by atoms with van der Waals surface area (Å²) in [5.41, 5.74) is 2.39. The number of anilines is 2. The predicted octanol–water partition coefficient (Wildman–Crippen LogP) is 4.34. The van der Waals surface area contributed by atoms with E-state index >= 15 is 0 Å². The van der Waals surface area contributed by atoms with Crippen molar-refractivity contribution in [3.63, 3.8) is 0 Å². The number of benzene rings is 2. The van der Waals surface area contributed by atoms with Gasteiger partial charge in [-0.2, -0.15) is 9.97 Å². The number of furan rings is 1. The third-order valence-corrected chi connectivity index (χ3v) is 6.76. The smallest absolute Gasteiger partial charge is 0.321 e. The summed E-state index contributed by atoms with van der Waals surface area (Å²) in [6, 6.07) is 16.0. The number of methoxy groups -OCH3 is 2. The van der Waals surface area contributed by atoms with Crippen molar-refractivity contribution in [3.8, 4) is 17.6 Å². The molecular formula is C26H26N4O7S. The number of ether oxygens (including phenoxy) is 3.